The average Bonchev–Trinajstić information content (AvgIpc) is 2.71. The zero-order valence-corrected chi connectivity index (χ0v) is 19.1. The highest BCUT2D eigenvalue weighted by atomic mass is 32.2. The second-order valence-corrected chi connectivity index (χ2v) is 9.10. The van der Waals surface area contributed by atoms with Gasteiger partial charge in [-0.2, -0.15) is 13.6 Å². The van der Waals surface area contributed by atoms with Crippen molar-refractivity contribution < 1.29 is 21.8 Å². The van der Waals surface area contributed by atoms with Crippen LogP contribution in [0.5, 0.6) is 5.75 Å². The molecule has 31 heavy (non-hydrogen) atoms. The number of halogens is 1. The molecule has 1 aliphatic rings. The van der Waals surface area contributed by atoms with E-state index in [1.165, 1.54) is 63.5 Å². The molecule has 1 heterocycles. The second-order valence-electron chi connectivity index (χ2n) is 7.95. The molecule has 2 amide bonds. The number of nitrogens with zero attached hydrogens (tertiary/aromatic N) is 2. The van der Waals surface area contributed by atoms with Gasteiger partial charge in [0.2, 0.25) is 0 Å². The van der Waals surface area contributed by atoms with Crippen LogP contribution in [0, 0.1) is 5.82 Å². The lowest BCUT2D eigenvalue weighted by Gasteiger charge is -2.34. The summed E-state index contributed by atoms with van der Waals surface area (Å²) < 4.78 is 40.4. The van der Waals surface area contributed by atoms with E-state index in [9.17, 15) is 17.6 Å². The molecule has 0 saturated carbocycles. The Morgan fingerprint density at radius 1 is 1.06 bits per heavy atom. The van der Waals surface area contributed by atoms with Crippen molar-refractivity contribution in [3.05, 3.63) is 24.0 Å². The van der Waals surface area contributed by atoms with Crippen LogP contribution in [0.2, 0.25) is 0 Å². The first kappa shape index (κ1) is 25.4. The van der Waals surface area contributed by atoms with E-state index in [0.717, 1.165) is 25.7 Å². The van der Waals surface area contributed by atoms with Crippen molar-refractivity contribution in [3.63, 3.8) is 0 Å². The Hall–Kier alpha value is -1.91. The molecule has 0 aliphatic carbocycles. The standard InChI is InChI=1S/C21H35FN4O4S/c1-2-3-4-5-6-7-8-9-12-25-13-15-26(16-14-25)21(27)24-20-11-10-18(17-19(20)22)30-31(23,28)29/h10-11,17H,2-9,12-16H2,1H3,(H,24,27)(H2,23,28,29). The Kier molecular flexibility index (Phi) is 10.5. The molecule has 2 rings (SSSR count). The number of unbranched alkanes of at least 4 members (excludes halogenated alkanes) is 7. The molecule has 0 bridgehead atoms. The van der Waals surface area contributed by atoms with Crippen LogP contribution in [0.15, 0.2) is 18.2 Å². The number of hydrogen-bond donors (Lipinski definition) is 2. The van der Waals surface area contributed by atoms with E-state index in [1.807, 2.05) is 0 Å². The van der Waals surface area contributed by atoms with Crippen molar-refractivity contribution >= 4 is 22.0 Å². The fourth-order valence-corrected chi connectivity index (χ4v) is 3.99. The molecule has 1 fully saturated rings. The lowest BCUT2D eigenvalue weighted by atomic mass is 10.1. The van der Waals surface area contributed by atoms with Crippen LogP contribution < -0.4 is 14.6 Å². The molecule has 0 atom stereocenters. The number of piperazine rings is 1. The van der Waals surface area contributed by atoms with Gasteiger partial charge in [-0.3, -0.25) is 4.90 Å². The number of nitrogens with one attached hydrogen (secondary N) is 1. The third kappa shape index (κ3) is 9.84. The van der Waals surface area contributed by atoms with Crippen LogP contribution in [0.4, 0.5) is 14.9 Å². The molecule has 1 saturated heterocycles. The van der Waals surface area contributed by atoms with E-state index in [4.69, 9.17) is 5.14 Å². The maximum Gasteiger partial charge on any atom is 0.380 e. The van der Waals surface area contributed by atoms with E-state index >= 15 is 0 Å². The van der Waals surface area contributed by atoms with Gasteiger partial charge in [0.1, 0.15) is 5.75 Å². The summed E-state index contributed by atoms with van der Waals surface area (Å²) >= 11 is 0. The Labute approximate surface area is 185 Å². The fraction of sp³-hybridized carbons (Fsp3) is 0.667. The van der Waals surface area contributed by atoms with Crippen molar-refractivity contribution in [2.24, 2.45) is 5.14 Å². The topological polar surface area (TPSA) is 105 Å². The van der Waals surface area contributed by atoms with Gasteiger partial charge in [0.25, 0.3) is 0 Å². The Balaban J connectivity index is 1.67. The average molecular weight is 459 g/mol. The minimum absolute atomic E-state index is 0.0480. The molecule has 0 aromatic heterocycles. The molecule has 1 aliphatic heterocycles. The summed E-state index contributed by atoms with van der Waals surface area (Å²) in [5.74, 6) is -1.06. The molecule has 1 aromatic rings. The van der Waals surface area contributed by atoms with Gasteiger partial charge in [0, 0.05) is 32.2 Å². The predicted octanol–water partition coefficient (Wildman–Crippen LogP) is 3.70. The lowest BCUT2D eigenvalue weighted by molar-refractivity contribution is 0.145. The van der Waals surface area contributed by atoms with Gasteiger partial charge in [-0.1, -0.05) is 51.9 Å². The quantitative estimate of drug-likeness (QED) is 0.465. The predicted molar refractivity (Wildman–Crippen MR) is 120 cm³/mol. The third-order valence-corrected chi connectivity index (χ3v) is 5.81. The minimum atomic E-state index is -4.23. The van der Waals surface area contributed by atoms with Crippen molar-refractivity contribution in [2.45, 2.75) is 58.3 Å². The summed E-state index contributed by atoms with van der Waals surface area (Å²) in [4.78, 5) is 16.4. The number of urea groups is 1. The smallest absolute Gasteiger partial charge is 0.371 e. The maximum atomic E-state index is 14.1. The molecule has 0 radical (unpaired) electrons. The number of nitrogens with two attached hydrogens (primary N) is 1. The minimum Gasteiger partial charge on any atom is -0.371 e. The van der Waals surface area contributed by atoms with Crippen LogP contribution in [0.25, 0.3) is 0 Å². The molecule has 3 N–H and O–H groups in total. The number of carbonyl (C=O) groups is 1. The third-order valence-electron chi connectivity index (χ3n) is 5.38. The molecule has 8 nitrogen and oxygen atoms in total. The Morgan fingerprint density at radius 3 is 2.26 bits per heavy atom. The molecule has 0 spiro atoms. The lowest BCUT2D eigenvalue weighted by Crippen LogP contribution is -2.50. The van der Waals surface area contributed by atoms with Gasteiger partial charge in [0.15, 0.2) is 5.82 Å². The Bertz CT molecular complexity index is 799. The number of carbonyl (C=O) groups excluding carboxylic acids is 1. The van der Waals surface area contributed by atoms with Gasteiger partial charge in [0.05, 0.1) is 5.69 Å². The van der Waals surface area contributed by atoms with Crippen molar-refractivity contribution in [1.29, 1.82) is 0 Å². The zero-order chi connectivity index (χ0) is 22.7. The van der Waals surface area contributed by atoms with Crippen molar-refractivity contribution in [2.75, 3.05) is 38.0 Å². The summed E-state index contributed by atoms with van der Waals surface area (Å²) in [5.41, 5.74) is -0.0480. The first-order valence-electron chi connectivity index (χ1n) is 11.1. The molecular formula is C21H35FN4O4S. The normalized spacial score (nSPS) is 15.1. The highest BCUT2D eigenvalue weighted by Gasteiger charge is 2.21. The number of amides is 2. The van der Waals surface area contributed by atoms with E-state index in [2.05, 4.69) is 21.3 Å². The summed E-state index contributed by atoms with van der Waals surface area (Å²) in [6, 6.07) is 2.95. The van der Waals surface area contributed by atoms with E-state index in [1.54, 1.807) is 4.90 Å². The van der Waals surface area contributed by atoms with Crippen LogP contribution >= 0.6 is 0 Å². The van der Waals surface area contributed by atoms with E-state index in [-0.39, 0.29) is 17.5 Å². The van der Waals surface area contributed by atoms with E-state index < -0.39 is 16.1 Å². The summed E-state index contributed by atoms with van der Waals surface area (Å²) in [6.45, 7) is 6.04. The highest BCUT2D eigenvalue weighted by molar-refractivity contribution is 7.84. The maximum absolute atomic E-state index is 14.1. The molecule has 0 unspecified atom stereocenters. The highest BCUT2D eigenvalue weighted by Crippen LogP contribution is 2.22. The molecule has 176 valence electrons. The Morgan fingerprint density at radius 2 is 1.68 bits per heavy atom. The number of anilines is 1. The van der Waals surface area contributed by atoms with Crippen molar-refractivity contribution in [1.82, 2.24) is 9.80 Å². The van der Waals surface area contributed by atoms with Crippen LogP contribution in [-0.4, -0.2) is 57.0 Å². The number of rotatable bonds is 12. The number of hydrogen-bond acceptors (Lipinski definition) is 5. The van der Waals surface area contributed by atoms with Crippen LogP contribution in [0.1, 0.15) is 58.3 Å². The largest absolute Gasteiger partial charge is 0.380 e. The first-order chi connectivity index (χ1) is 14.8. The molecular weight excluding hydrogens is 423 g/mol. The first-order valence-corrected chi connectivity index (χ1v) is 12.6. The van der Waals surface area contributed by atoms with Crippen LogP contribution in [0.3, 0.4) is 0 Å². The molecule has 1 aromatic carbocycles. The van der Waals surface area contributed by atoms with Gasteiger partial charge < -0.3 is 14.4 Å². The van der Waals surface area contributed by atoms with Crippen LogP contribution in [-0.2, 0) is 10.3 Å². The zero-order valence-electron chi connectivity index (χ0n) is 18.3. The van der Waals surface area contributed by atoms with Gasteiger partial charge in [-0.05, 0) is 25.1 Å². The van der Waals surface area contributed by atoms with Gasteiger partial charge in [-0.25, -0.2) is 9.18 Å². The van der Waals surface area contributed by atoms with Gasteiger partial charge in [-0.15, -0.1) is 0 Å². The summed E-state index contributed by atoms with van der Waals surface area (Å²) in [6.07, 6.45) is 10.3. The van der Waals surface area contributed by atoms with E-state index in [0.29, 0.717) is 13.1 Å². The second kappa shape index (κ2) is 12.8. The SMILES string of the molecule is CCCCCCCCCCN1CCN(C(=O)Nc2ccc(OS(N)(=O)=O)cc2F)CC1. The van der Waals surface area contributed by atoms with Crippen molar-refractivity contribution in [3.8, 4) is 5.75 Å². The monoisotopic (exact) mass is 458 g/mol. The summed E-state index contributed by atoms with van der Waals surface area (Å²) in [5, 5.41) is 7.28. The summed E-state index contributed by atoms with van der Waals surface area (Å²) in [7, 11) is -4.23. The fourth-order valence-electron chi connectivity index (χ4n) is 3.62. The van der Waals surface area contributed by atoms with Gasteiger partial charge >= 0.3 is 16.3 Å². The number of benzene rings is 1. The molecule has 10 heteroatoms.